The van der Waals surface area contributed by atoms with Crippen LogP contribution in [0.25, 0.3) is 5.69 Å². The predicted octanol–water partition coefficient (Wildman–Crippen LogP) is 6.24. The summed E-state index contributed by atoms with van der Waals surface area (Å²) in [5.41, 5.74) is 7.71. The molecule has 2 aromatic carbocycles. The molecule has 12 heteroatoms. The number of fused-ring (bicyclic) bond motifs is 3. The lowest BCUT2D eigenvalue weighted by atomic mass is 9.87. The summed E-state index contributed by atoms with van der Waals surface area (Å²) in [5, 5.41) is 12.2. The van der Waals surface area contributed by atoms with E-state index in [-0.39, 0.29) is 28.4 Å². The SMILES string of the molecule is Cc1ccc(-n2nc(C(C)(C)C)cc2NC(=O)Nc2ccc(CC3CC4CCC(C3)N4S(=O)(=O)C3=CC=CN4ONC=C34)cc2)cc1. The Morgan fingerprint density at radius 1 is 1.02 bits per heavy atom. The Morgan fingerprint density at radius 3 is 2.40 bits per heavy atom. The average Bonchev–Trinajstić information content (AvgIpc) is 3.75. The Hall–Kier alpha value is -4.39. The molecule has 3 N–H and O–H groups in total. The van der Waals surface area contributed by atoms with Crippen LogP contribution in [0.15, 0.2) is 89.8 Å². The highest BCUT2D eigenvalue weighted by molar-refractivity contribution is 7.93. The number of carbonyl (C=O) groups excluding carboxylic acids is 1. The number of nitrogens with one attached hydrogen (secondary N) is 3. The Morgan fingerprint density at radius 2 is 1.72 bits per heavy atom. The molecule has 0 radical (unpaired) electrons. The molecule has 2 atom stereocenters. The van der Waals surface area contributed by atoms with Gasteiger partial charge in [-0.25, -0.2) is 28.4 Å². The van der Waals surface area contributed by atoms with Crippen molar-refractivity contribution in [3.63, 3.8) is 0 Å². The monoisotopic (exact) mass is 655 g/mol. The number of benzene rings is 2. The highest BCUT2D eigenvalue weighted by Gasteiger charge is 2.49. The summed E-state index contributed by atoms with van der Waals surface area (Å²) >= 11 is 0. The molecule has 47 heavy (non-hydrogen) atoms. The van der Waals surface area contributed by atoms with E-state index in [0.29, 0.717) is 23.1 Å². The second-order valence-electron chi connectivity index (χ2n) is 13.9. The quantitative estimate of drug-likeness (QED) is 0.276. The summed E-state index contributed by atoms with van der Waals surface area (Å²) < 4.78 is 31.2. The largest absolute Gasteiger partial charge is 0.324 e. The first-order valence-corrected chi connectivity index (χ1v) is 17.6. The maximum atomic E-state index is 13.8. The lowest BCUT2D eigenvalue weighted by Crippen LogP contribution is -2.47. The van der Waals surface area contributed by atoms with Crippen LogP contribution in [-0.2, 0) is 26.8 Å². The Balaban J connectivity index is 0.982. The van der Waals surface area contributed by atoms with Gasteiger partial charge in [0.05, 0.1) is 17.6 Å². The predicted molar refractivity (Wildman–Crippen MR) is 181 cm³/mol. The maximum Gasteiger partial charge on any atom is 0.324 e. The molecule has 246 valence electrons. The van der Waals surface area contributed by atoms with Crippen molar-refractivity contribution in [2.75, 3.05) is 10.6 Å². The van der Waals surface area contributed by atoms with Crippen LogP contribution in [0, 0.1) is 12.8 Å². The van der Waals surface area contributed by atoms with Gasteiger partial charge < -0.3 is 5.32 Å². The number of aromatic nitrogens is 2. The molecule has 2 amide bonds. The molecule has 2 fully saturated rings. The maximum absolute atomic E-state index is 13.8. The minimum absolute atomic E-state index is 0.0170. The van der Waals surface area contributed by atoms with Crippen LogP contribution < -0.4 is 16.1 Å². The van der Waals surface area contributed by atoms with Crippen LogP contribution in [-0.4, -0.2) is 45.7 Å². The van der Waals surface area contributed by atoms with Crippen molar-refractivity contribution >= 4 is 27.6 Å². The number of aryl methyl sites for hydroxylation is 1. The van der Waals surface area contributed by atoms with Crippen LogP contribution in [0.4, 0.5) is 16.3 Å². The van der Waals surface area contributed by atoms with E-state index in [2.05, 4.69) is 36.9 Å². The topological polar surface area (TPSA) is 121 Å². The number of sulfonamides is 1. The number of hydrogen-bond acceptors (Lipinski definition) is 7. The third-order valence-electron chi connectivity index (χ3n) is 9.36. The van der Waals surface area contributed by atoms with Crippen LogP contribution >= 0.6 is 0 Å². The molecule has 7 rings (SSSR count). The lowest BCUT2D eigenvalue weighted by molar-refractivity contribution is -0.112. The molecule has 11 nitrogen and oxygen atoms in total. The number of amides is 2. The van der Waals surface area contributed by atoms with Gasteiger partial charge in [-0.3, -0.25) is 5.32 Å². The summed E-state index contributed by atoms with van der Waals surface area (Å²) in [6.45, 7) is 8.32. The van der Waals surface area contributed by atoms with E-state index in [9.17, 15) is 13.2 Å². The van der Waals surface area contributed by atoms with Gasteiger partial charge >= 0.3 is 6.03 Å². The zero-order chi connectivity index (χ0) is 32.9. The van der Waals surface area contributed by atoms with Gasteiger partial charge in [0.2, 0.25) is 10.0 Å². The molecule has 4 aliphatic heterocycles. The van der Waals surface area contributed by atoms with Crippen molar-refractivity contribution in [3.8, 4) is 5.69 Å². The van der Waals surface area contributed by atoms with Crippen molar-refractivity contribution in [1.82, 2.24) is 24.6 Å². The highest BCUT2D eigenvalue weighted by Crippen LogP contribution is 2.44. The first-order chi connectivity index (χ1) is 22.5. The number of urea groups is 1. The second-order valence-corrected chi connectivity index (χ2v) is 15.7. The minimum atomic E-state index is -3.68. The van der Waals surface area contributed by atoms with Crippen molar-refractivity contribution in [2.24, 2.45) is 5.92 Å². The number of carbonyl (C=O) groups is 1. The molecule has 0 saturated carbocycles. The normalized spacial score (nSPS) is 22.4. The van der Waals surface area contributed by atoms with E-state index >= 15 is 0 Å². The van der Waals surface area contributed by atoms with E-state index in [1.165, 1.54) is 10.6 Å². The molecule has 2 unspecified atom stereocenters. The second kappa shape index (κ2) is 12.0. The standard InChI is InChI=1S/C35H41N7O4S/c1-23-7-13-27(14-8-23)41-33(21-32(39-41)35(2,3)4)38-34(43)37-26-11-9-24(10-12-26)18-25-19-28-15-16-29(20-25)42(28)47(44,45)31-6-5-17-40-30(31)22-36-46-40/h5-14,17,21-22,25,28-29,36H,15-16,18-20H2,1-4H3,(H2,37,38,43). The Labute approximate surface area is 275 Å². The smallest absolute Gasteiger partial charge is 0.308 e. The summed E-state index contributed by atoms with van der Waals surface area (Å²) in [6, 6.07) is 17.5. The summed E-state index contributed by atoms with van der Waals surface area (Å²) in [6.07, 6.45) is 10.9. The van der Waals surface area contributed by atoms with Crippen molar-refractivity contribution < 1.29 is 18.2 Å². The summed E-state index contributed by atoms with van der Waals surface area (Å²) in [4.78, 5) is 18.6. The number of piperidine rings is 1. The number of hydroxylamine groups is 3. The van der Waals surface area contributed by atoms with Gasteiger partial charge in [0, 0.05) is 35.5 Å². The van der Waals surface area contributed by atoms with Crippen LogP contribution in [0.3, 0.4) is 0 Å². The molecule has 1 aromatic heterocycles. The molecule has 2 saturated heterocycles. The van der Waals surface area contributed by atoms with Crippen LogP contribution in [0.1, 0.15) is 63.3 Å². The molecular formula is C35H41N7O4S. The van der Waals surface area contributed by atoms with Gasteiger partial charge in [-0.1, -0.05) is 50.6 Å². The van der Waals surface area contributed by atoms with Gasteiger partial charge in [-0.05, 0) is 86.9 Å². The van der Waals surface area contributed by atoms with Crippen molar-refractivity contribution in [2.45, 2.75) is 77.3 Å². The number of nitrogens with zero attached hydrogens (tertiary/aromatic N) is 4. The van der Waals surface area contributed by atoms with E-state index in [1.54, 1.807) is 33.5 Å². The highest BCUT2D eigenvalue weighted by atomic mass is 32.2. The molecule has 0 spiro atoms. The summed E-state index contributed by atoms with van der Waals surface area (Å²) in [5.74, 6) is 0.974. The fourth-order valence-electron chi connectivity index (χ4n) is 7.03. The number of hydrogen-bond donors (Lipinski definition) is 3. The third kappa shape index (κ3) is 6.20. The molecular weight excluding hydrogens is 614 g/mol. The average molecular weight is 656 g/mol. The van der Waals surface area contributed by atoms with Crippen molar-refractivity contribution in [3.05, 3.63) is 107 Å². The van der Waals surface area contributed by atoms with Crippen molar-refractivity contribution in [1.29, 1.82) is 0 Å². The van der Waals surface area contributed by atoms with Gasteiger partial charge in [0.1, 0.15) is 16.4 Å². The van der Waals surface area contributed by atoms with Gasteiger partial charge in [0.15, 0.2) is 0 Å². The minimum Gasteiger partial charge on any atom is -0.308 e. The zero-order valence-electron chi connectivity index (χ0n) is 27.1. The van der Waals surface area contributed by atoms with E-state index in [0.717, 1.165) is 49.0 Å². The van der Waals surface area contributed by atoms with Gasteiger partial charge in [0.25, 0.3) is 0 Å². The molecule has 4 aliphatic rings. The first kappa shape index (κ1) is 31.2. The Kier molecular flexibility index (Phi) is 7.97. The van der Waals surface area contributed by atoms with Gasteiger partial charge in [-0.15, -0.1) is 0 Å². The fraction of sp³-hybridized carbons (Fsp3) is 0.371. The lowest BCUT2D eigenvalue weighted by Gasteiger charge is -2.39. The van der Waals surface area contributed by atoms with E-state index < -0.39 is 10.0 Å². The number of rotatable bonds is 7. The molecule has 0 aliphatic carbocycles. The fourth-order valence-corrected chi connectivity index (χ4v) is 9.09. The van der Waals surface area contributed by atoms with E-state index in [1.807, 2.05) is 61.5 Å². The zero-order valence-corrected chi connectivity index (χ0v) is 27.9. The number of anilines is 2. The van der Waals surface area contributed by atoms with E-state index in [4.69, 9.17) is 10.0 Å². The third-order valence-corrected chi connectivity index (χ3v) is 11.4. The molecule has 5 heterocycles. The van der Waals surface area contributed by atoms with Crippen LogP contribution in [0.5, 0.6) is 0 Å². The first-order valence-electron chi connectivity index (χ1n) is 16.1. The van der Waals surface area contributed by atoms with Crippen LogP contribution in [0.2, 0.25) is 0 Å². The Bertz CT molecular complexity index is 1860. The van der Waals surface area contributed by atoms with Gasteiger partial charge in [-0.2, -0.15) is 14.3 Å². The molecule has 3 aromatic rings. The number of allylic oxidation sites excluding steroid dienone is 2. The summed E-state index contributed by atoms with van der Waals surface area (Å²) in [7, 11) is -3.68. The molecule has 2 bridgehead atoms.